The molecule has 5 rings (SSSR count). The summed E-state index contributed by atoms with van der Waals surface area (Å²) in [5.41, 5.74) is 3.72. The fourth-order valence-electron chi connectivity index (χ4n) is 3.31. The lowest BCUT2D eigenvalue weighted by Gasteiger charge is -2.30. The van der Waals surface area contributed by atoms with Crippen molar-refractivity contribution < 1.29 is 6.11 Å². The molecular formula is C21H13Br2NO. The summed E-state index contributed by atoms with van der Waals surface area (Å²) < 4.78 is 19.5. The van der Waals surface area contributed by atoms with Gasteiger partial charge >= 0.3 is 0 Å². The Hall–Kier alpha value is -2.04. The molecule has 0 saturated carbocycles. The van der Waals surface area contributed by atoms with Gasteiger partial charge in [0, 0.05) is 25.5 Å². The van der Waals surface area contributed by atoms with Crippen LogP contribution in [0.15, 0.2) is 81.7 Å². The molecule has 0 bridgehead atoms. The molecule has 0 aliphatic carbocycles. The fraction of sp³-hybridized carbons (Fsp3) is 0.0476. The van der Waals surface area contributed by atoms with Gasteiger partial charge in [-0.25, -0.2) is 0 Å². The summed E-state index contributed by atoms with van der Waals surface area (Å²) in [6.07, 6.45) is -1.38. The van der Waals surface area contributed by atoms with Gasteiger partial charge in [0.15, 0.2) is 0 Å². The summed E-state index contributed by atoms with van der Waals surface area (Å²) in [6.45, 7) is 0. The van der Waals surface area contributed by atoms with Crippen molar-refractivity contribution in [2.24, 2.45) is 0 Å². The first kappa shape index (κ1) is 14.2. The molecule has 4 heteroatoms. The highest BCUT2D eigenvalue weighted by atomic mass is 79.9. The Morgan fingerprint density at radius 2 is 1.64 bits per heavy atom. The molecular weight excluding hydrogens is 442 g/mol. The van der Waals surface area contributed by atoms with E-state index >= 15 is 0 Å². The van der Waals surface area contributed by atoms with Gasteiger partial charge in [-0.2, -0.15) is 0 Å². The number of rotatable bonds is 1. The maximum Gasteiger partial charge on any atom is 0.203 e. The van der Waals surface area contributed by atoms with Crippen LogP contribution in [0.2, 0.25) is 0 Å². The Bertz CT molecular complexity index is 1160. The lowest BCUT2D eigenvalue weighted by Crippen LogP contribution is -2.22. The Morgan fingerprint density at radius 1 is 0.880 bits per heavy atom. The van der Waals surface area contributed by atoms with Crippen molar-refractivity contribution in [3.05, 3.63) is 87.3 Å². The summed E-state index contributed by atoms with van der Waals surface area (Å²) in [5, 5.41) is 1.07. The first-order valence-corrected chi connectivity index (χ1v) is 9.51. The third-order valence-corrected chi connectivity index (χ3v) is 5.40. The summed E-state index contributed by atoms with van der Waals surface area (Å²) in [7, 11) is 0. The molecule has 0 unspecified atom stereocenters. The summed E-state index contributed by atoms with van der Waals surface area (Å²) in [5.74, 6) is 0.701. The van der Waals surface area contributed by atoms with Crippen molar-refractivity contribution in [1.82, 2.24) is 4.57 Å². The van der Waals surface area contributed by atoms with Crippen molar-refractivity contribution >= 4 is 42.8 Å². The number of benzene rings is 3. The second-order valence-corrected chi connectivity index (χ2v) is 7.81. The second-order valence-electron chi connectivity index (χ2n) is 5.98. The molecule has 1 atom stereocenters. The van der Waals surface area contributed by atoms with Gasteiger partial charge in [0.1, 0.15) is 7.12 Å². The van der Waals surface area contributed by atoms with E-state index in [1.54, 1.807) is 0 Å². The summed E-state index contributed by atoms with van der Waals surface area (Å²) in [6, 6.07) is 23.9. The van der Waals surface area contributed by atoms with E-state index in [2.05, 4.69) is 44.0 Å². The normalized spacial score (nSPS) is 19.0. The highest BCUT2D eigenvalue weighted by molar-refractivity contribution is 9.10. The minimum Gasteiger partial charge on any atom is -0.465 e. The lowest BCUT2D eigenvalue weighted by atomic mass is 10.1. The molecule has 25 heavy (non-hydrogen) atoms. The van der Waals surface area contributed by atoms with Crippen LogP contribution < -0.4 is 4.74 Å². The van der Waals surface area contributed by atoms with Crippen LogP contribution in [0.25, 0.3) is 22.2 Å². The zero-order valence-corrected chi connectivity index (χ0v) is 16.2. The summed E-state index contributed by atoms with van der Waals surface area (Å²) in [4.78, 5) is 0. The predicted molar refractivity (Wildman–Crippen MR) is 108 cm³/mol. The van der Waals surface area contributed by atoms with E-state index in [4.69, 9.17) is 4.74 Å². The van der Waals surface area contributed by atoms with E-state index in [-0.39, 0.29) is 0 Å². The van der Waals surface area contributed by atoms with Gasteiger partial charge in [0.05, 0.1) is 11.2 Å². The zero-order valence-electron chi connectivity index (χ0n) is 14.0. The van der Waals surface area contributed by atoms with Crippen molar-refractivity contribution in [1.29, 1.82) is 0 Å². The standard InChI is InChI=1S/C21H13Br2NO/c22-15-7-9-18-14(10-15)11-19-17-8-6-16(23)12-20(17)25-21(24(18)19)13-4-2-1-3-5-13/h1-12,21H/t21-/m0/s1/i21D. The third-order valence-electron chi connectivity index (χ3n) is 4.41. The molecule has 0 saturated heterocycles. The molecule has 3 aromatic carbocycles. The molecule has 2 heterocycles. The van der Waals surface area contributed by atoms with Crippen molar-refractivity contribution in [2.45, 2.75) is 6.20 Å². The van der Waals surface area contributed by atoms with Crippen LogP contribution in [-0.2, 0) is 0 Å². The lowest BCUT2D eigenvalue weighted by molar-refractivity contribution is 0.173. The zero-order chi connectivity index (χ0) is 17.9. The number of nitrogens with zero attached hydrogens (tertiary/aromatic N) is 1. The molecule has 2 nitrogen and oxygen atoms in total. The number of hydrogen-bond acceptors (Lipinski definition) is 1. The Balaban J connectivity index is 1.90. The predicted octanol–water partition coefficient (Wildman–Crippen LogP) is 6.77. The minimum atomic E-state index is -1.38. The molecule has 0 radical (unpaired) electrons. The monoisotopic (exact) mass is 454 g/mol. The first-order chi connectivity index (χ1) is 12.6. The number of fused-ring (bicyclic) bond motifs is 5. The minimum absolute atomic E-state index is 0.701. The molecule has 0 fully saturated rings. The Kier molecular flexibility index (Phi) is 3.26. The average molecular weight is 456 g/mol. The molecule has 0 amide bonds. The molecule has 1 aromatic heterocycles. The largest absolute Gasteiger partial charge is 0.465 e. The topological polar surface area (TPSA) is 14.2 Å². The Morgan fingerprint density at radius 3 is 2.48 bits per heavy atom. The average Bonchev–Trinajstić information content (AvgIpc) is 3.01. The molecule has 1 aliphatic rings. The van der Waals surface area contributed by atoms with E-state index in [0.717, 1.165) is 36.7 Å². The van der Waals surface area contributed by atoms with Crippen LogP contribution in [0.4, 0.5) is 0 Å². The number of halogens is 2. The maximum atomic E-state index is 9.31. The van der Waals surface area contributed by atoms with Gasteiger partial charge in [-0.1, -0.05) is 62.2 Å². The molecule has 1 aliphatic heterocycles. The highest BCUT2D eigenvalue weighted by Gasteiger charge is 2.28. The smallest absolute Gasteiger partial charge is 0.203 e. The SMILES string of the molecule is [2H][C@@]1(c2ccccc2)Oc2cc(Br)ccc2-c2cc3cc(Br)ccc3n21. The maximum absolute atomic E-state index is 9.31. The highest BCUT2D eigenvalue weighted by Crippen LogP contribution is 2.45. The summed E-state index contributed by atoms with van der Waals surface area (Å²) >= 11 is 7.06. The molecule has 122 valence electrons. The van der Waals surface area contributed by atoms with E-state index in [0.29, 0.717) is 5.75 Å². The Labute approximate surface area is 163 Å². The van der Waals surface area contributed by atoms with Crippen LogP contribution in [0.3, 0.4) is 0 Å². The fourth-order valence-corrected chi connectivity index (χ4v) is 4.03. The van der Waals surface area contributed by atoms with Gasteiger partial charge in [-0.15, -0.1) is 0 Å². The van der Waals surface area contributed by atoms with Crippen LogP contribution >= 0.6 is 31.9 Å². The third kappa shape index (κ3) is 2.43. The van der Waals surface area contributed by atoms with Crippen molar-refractivity contribution in [3.8, 4) is 17.0 Å². The van der Waals surface area contributed by atoms with Crippen LogP contribution in [0, 0.1) is 0 Å². The van der Waals surface area contributed by atoms with Crippen molar-refractivity contribution in [3.63, 3.8) is 0 Å². The number of hydrogen-bond donors (Lipinski definition) is 0. The molecule has 0 spiro atoms. The second kappa shape index (κ2) is 5.75. The van der Waals surface area contributed by atoms with Crippen LogP contribution in [0.1, 0.15) is 13.1 Å². The van der Waals surface area contributed by atoms with Gasteiger partial charge in [-0.3, -0.25) is 0 Å². The number of ether oxygens (including phenoxy) is 1. The molecule has 0 N–H and O–H groups in total. The van der Waals surface area contributed by atoms with Gasteiger partial charge in [0.2, 0.25) is 6.20 Å². The van der Waals surface area contributed by atoms with Crippen molar-refractivity contribution in [2.75, 3.05) is 0 Å². The van der Waals surface area contributed by atoms with E-state index in [1.165, 1.54) is 0 Å². The van der Waals surface area contributed by atoms with Gasteiger partial charge < -0.3 is 9.30 Å². The quantitative estimate of drug-likeness (QED) is 0.308. The number of aromatic nitrogens is 1. The van der Waals surface area contributed by atoms with E-state index in [9.17, 15) is 1.37 Å². The first-order valence-electron chi connectivity index (χ1n) is 8.42. The van der Waals surface area contributed by atoms with Gasteiger partial charge in [0.25, 0.3) is 0 Å². The molecule has 4 aromatic rings. The van der Waals surface area contributed by atoms with E-state index in [1.807, 2.05) is 65.2 Å². The van der Waals surface area contributed by atoms with Crippen LogP contribution in [-0.4, -0.2) is 4.57 Å². The van der Waals surface area contributed by atoms with Gasteiger partial charge in [-0.05, 0) is 42.5 Å². The van der Waals surface area contributed by atoms with Crippen LogP contribution in [0.5, 0.6) is 5.75 Å². The van der Waals surface area contributed by atoms with E-state index < -0.39 is 6.20 Å².